The van der Waals surface area contributed by atoms with Crippen molar-refractivity contribution < 1.29 is 14.7 Å². The van der Waals surface area contributed by atoms with Crippen LogP contribution in [0.1, 0.15) is 131 Å². The number of carbonyl (C=O) groups excluding carboxylic acids is 2. The Balaban J connectivity index is 0.695. The molecule has 7 heterocycles. The summed E-state index contributed by atoms with van der Waals surface area (Å²) in [5.41, 5.74) is 9.54. The number of thiazole rings is 1. The molecule has 0 saturated carbocycles. The first-order valence-corrected chi connectivity index (χ1v) is 26.4. The Morgan fingerprint density at radius 3 is 2.31 bits per heavy atom. The van der Waals surface area contributed by atoms with Gasteiger partial charge in [0, 0.05) is 25.1 Å². The molecule has 6 aromatic rings. The van der Waals surface area contributed by atoms with Crippen molar-refractivity contribution in [2.45, 2.75) is 122 Å². The molecule has 368 valence electrons. The van der Waals surface area contributed by atoms with E-state index in [4.69, 9.17) is 11.6 Å². The summed E-state index contributed by atoms with van der Waals surface area (Å²) in [6, 6.07) is 18.9. The summed E-state index contributed by atoms with van der Waals surface area (Å²) >= 11 is 8.14. The molecule has 4 aliphatic rings. The minimum absolute atomic E-state index is 0.0952. The number of aryl methyl sites for hydroxylation is 1. The van der Waals surface area contributed by atoms with E-state index in [9.17, 15) is 19.5 Å². The van der Waals surface area contributed by atoms with Crippen LogP contribution in [-0.4, -0.2) is 119 Å². The predicted molar refractivity (Wildman–Crippen MR) is 275 cm³/mol. The molecule has 4 aliphatic heterocycles. The fourth-order valence-electron chi connectivity index (χ4n) is 11.7. The van der Waals surface area contributed by atoms with Gasteiger partial charge in [-0.25, -0.2) is 9.67 Å². The normalized spacial score (nSPS) is 20.8. The van der Waals surface area contributed by atoms with E-state index in [2.05, 4.69) is 72.0 Å². The molecule has 0 unspecified atom stereocenters. The zero-order chi connectivity index (χ0) is 49.0. The average molecular weight is 986 g/mol. The van der Waals surface area contributed by atoms with Crippen molar-refractivity contribution in [3.63, 3.8) is 0 Å². The highest BCUT2D eigenvalue weighted by atomic mass is 35.5. The van der Waals surface area contributed by atoms with Gasteiger partial charge in [0.05, 0.1) is 60.9 Å². The number of β-amino-alcohol motifs (C(OH)–C–C–N with tert-alkyl or cyclic N) is 1. The van der Waals surface area contributed by atoms with Crippen LogP contribution in [0.5, 0.6) is 0 Å². The lowest BCUT2D eigenvalue weighted by Gasteiger charge is -2.34. The third-order valence-electron chi connectivity index (χ3n) is 15.7. The largest absolute Gasteiger partial charge is 0.391 e. The van der Waals surface area contributed by atoms with Gasteiger partial charge >= 0.3 is 0 Å². The maximum Gasteiger partial charge on any atom is 0.282 e. The summed E-state index contributed by atoms with van der Waals surface area (Å²) in [6.45, 7) is 18.6. The number of fused-ring (bicyclic) bond motifs is 5. The maximum absolute atomic E-state index is 14.4. The fourth-order valence-corrected chi connectivity index (χ4v) is 12.7. The lowest BCUT2D eigenvalue weighted by Crippen LogP contribution is -2.49. The molecule has 2 amide bonds. The number of nitrogens with one attached hydrogen (secondary N) is 1. The third-order valence-corrected chi connectivity index (χ3v) is 17.0. The Morgan fingerprint density at radius 1 is 0.943 bits per heavy atom. The summed E-state index contributed by atoms with van der Waals surface area (Å²) in [5, 5.41) is 23.9. The van der Waals surface area contributed by atoms with Crippen LogP contribution in [0.25, 0.3) is 27.0 Å². The SMILES string of the molecule is Cc1ncsc1-c1ccc([C@H](C)NC(=O)[C@@H]2C[C@@H](O)CN2C(=O)[C@H](C(C)C)n2cc(C3CCN(CCCN4CCC(c5ccc6c(c5)-n5c(nc(=O)c7c(Cl)cccc75)C6(C)C)CC4)CC3)nn2)cc1. The van der Waals surface area contributed by atoms with E-state index in [-0.39, 0.29) is 48.2 Å². The van der Waals surface area contributed by atoms with E-state index in [0.29, 0.717) is 16.3 Å². The molecular weight excluding hydrogens is 920 g/mol. The van der Waals surface area contributed by atoms with Crippen LogP contribution in [0.3, 0.4) is 0 Å². The molecule has 3 aromatic carbocycles. The van der Waals surface area contributed by atoms with Gasteiger partial charge in [0.15, 0.2) is 0 Å². The molecule has 0 bridgehead atoms. The number of piperidine rings is 2. The standard InChI is InChI=1S/C54H65ClN10O4S/c1-32(2)48(52(69)63-29-40(66)28-46(63)50(67)57-33(3)35-11-13-38(14-12-35)49-34(4)56-31-70-49)64-30-43(59-60-64)37-19-25-62(26-20-37)22-8-21-61-23-17-36(18-24-61)39-15-16-41-45(27-39)65-44-10-7-9-42(55)47(44)51(68)58-53(65)54(41,5)6/h7,9-16,27,30-33,36-37,40,46,48,66H,8,17-26,28-29H2,1-6H3,(H,57,67)/t33-,40+,46-,48-/m0/s1. The molecule has 3 fully saturated rings. The molecule has 0 radical (unpaired) electrons. The number of amides is 2. The maximum atomic E-state index is 14.4. The third kappa shape index (κ3) is 9.24. The second kappa shape index (κ2) is 19.7. The molecule has 14 nitrogen and oxygen atoms in total. The molecule has 0 aliphatic carbocycles. The van der Waals surface area contributed by atoms with E-state index in [1.54, 1.807) is 27.0 Å². The highest BCUT2D eigenvalue weighted by Gasteiger charge is 2.44. The predicted octanol–water partition coefficient (Wildman–Crippen LogP) is 8.19. The Bertz CT molecular complexity index is 2950. The van der Waals surface area contributed by atoms with Crippen molar-refractivity contribution in [3.8, 4) is 16.1 Å². The van der Waals surface area contributed by atoms with E-state index in [1.165, 1.54) is 11.1 Å². The van der Waals surface area contributed by atoms with E-state index >= 15 is 0 Å². The molecule has 4 atom stereocenters. The lowest BCUT2D eigenvalue weighted by atomic mass is 9.83. The van der Waals surface area contributed by atoms with Gasteiger partial charge in [-0.2, -0.15) is 4.98 Å². The van der Waals surface area contributed by atoms with E-state index in [1.807, 2.05) is 75.8 Å². The van der Waals surface area contributed by atoms with Gasteiger partial charge in [-0.05, 0) is 151 Å². The van der Waals surface area contributed by atoms with Gasteiger partial charge < -0.3 is 25.1 Å². The first-order chi connectivity index (χ1) is 33.7. The van der Waals surface area contributed by atoms with Crippen LogP contribution in [0, 0.1) is 12.8 Å². The van der Waals surface area contributed by atoms with Crippen LogP contribution < -0.4 is 10.9 Å². The monoisotopic (exact) mass is 984 g/mol. The molecule has 0 spiro atoms. The van der Waals surface area contributed by atoms with Crippen LogP contribution in [0.15, 0.2) is 77.2 Å². The number of likely N-dealkylation sites (tertiary alicyclic amines) is 3. The number of rotatable bonds is 13. The van der Waals surface area contributed by atoms with Crippen LogP contribution in [0.2, 0.25) is 5.02 Å². The molecule has 70 heavy (non-hydrogen) atoms. The lowest BCUT2D eigenvalue weighted by molar-refractivity contribution is -0.142. The number of halogens is 1. The Kier molecular flexibility index (Phi) is 13.6. The second-order valence-electron chi connectivity index (χ2n) is 21.0. The summed E-state index contributed by atoms with van der Waals surface area (Å²) in [6.07, 6.45) is 6.64. The van der Waals surface area contributed by atoms with Gasteiger partial charge in [0.2, 0.25) is 11.8 Å². The van der Waals surface area contributed by atoms with Crippen LogP contribution in [-0.2, 0) is 15.0 Å². The van der Waals surface area contributed by atoms with Crippen molar-refractivity contribution in [2.75, 3.05) is 45.8 Å². The highest BCUT2D eigenvalue weighted by Crippen LogP contribution is 2.45. The summed E-state index contributed by atoms with van der Waals surface area (Å²) in [5.74, 6) is 0.877. The molecule has 2 N–H and O–H groups in total. The Morgan fingerprint density at radius 2 is 1.64 bits per heavy atom. The molecule has 3 saturated heterocycles. The number of benzene rings is 3. The van der Waals surface area contributed by atoms with Gasteiger partial charge in [-0.3, -0.25) is 19.0 Å². The molecule has 16 heteroatoms. The van der Waals surface area contributed by atoms with E-state index in [0.717, 1.165) is 116 Å². The number of nitrogens with zero attached hydrogens (tertiary/aromatic N) is 9. The number of hydrogen-bond acceptors (Lipinski definition) is 11. The number of carbonyl (C=O) groups is 2. The smallest absolute Gasteiger partial charge is 0.282 e. The van der Waals surface area contributed by atoms with E-state index < -0.39 is 23.6 Å². The van der Waals surface area contributed by atoms with Gasteiger partial charge in [-0.1, -0.05) is 73.1 Å². The minimum atomic E-state index is -0.792. The van der Waals surface area contributed by atoms with Crippen molar-refractivity contribution in [1.29, 1.82) is 0 Å². The minimum Gasteiger partial charge on any atom is -0.391 e. The number of aromatic nitrogens is 6. The highest BCUT2D eigenvalue weighted by molar-refractivity contribution is 7.13. The quantitative estimate of drug-likeness (QED) is 0.116. The van der Waals surface area contributed by atoms with Gasteiger partial charge in [-0.15, -0.1) is 16.4 Å². The van der Waals surface area contributed by atoms with Crippen LogP contribution >= 0.6 is 22.9 Å². The topological polar surface area (TPSA) is 155 Å². The number of aliphatic hydroxyl groups excluding tert-OH is 1. The fraction of sp³-hybridized carbons (Fsp3) is 0.500. The second-order valence-corrected chi connectivity index (χ2v) is 22.3. The van der Waals surface area contributed by atoms with Crippen molar-refractivity contribution >= 4 is 45.7 Å². The summed E-state index contributed by atoms with van der Waals surface area (Å²) in [7, 11) is 0. The zero-order valence-corrected chi connectivity index (χ0v) is 42.7. The van der Waals surface area contributed by atoms with Crippen molar-refractivity contribution in [1.82, 2.24) is 49.5 Å². The molecule has 3 aromatic heterocycles. The van der Waals surface area contributed by atoms with Crippen molar-refractivity contribution in [2.24, 2.45) is 5.92 Å². The number of aliphatic hydroxyl groups is 1. The summed E-state index contributed by atoms with van der Waals surface area (Å²) < 4.78 is 3.85. The molecular formula is C54H65ClN10O4S. The zero-order valence-electron chi connectivity index (χ0n) is 41.1. The summed E-state index contributed by atoms with van der Waals surface area (Å²) in [4.78, 5) is 58.1. The Hall–Kier alpha value is -5.32. The van der Waals surface area contributed by atoms with Crippen LogP contribution in [0.4, 0.5) is 0 Å². The van der Waals surface area contributed by atoms with Crippen molar-refractivity contribution in [3.05, 3.63) is 122 Å². The van der Waals surface area contributed by atoms with Gasteiger partial charge in [0.1, 0.15) is 17.9 Å². The van der Waals surface area contributed by atoms with Gasteiger partial charge in [0.25, 0.3) is 5.56 Å². The average Bonchev–Trinajstić information content (AvgIpc) is 4.15. The molecule has 10 rings (SSSR count). The first kappa shape index (κ1) is 48.3. The Labute approximate surface area is 419 Å². The number of hydrogen-bond donors (Lipinski definition) is 2. The first-order valence-electron chi connectivity index (χ1n) is 25.2.